The van der Waals surface area contributed by atoms with E-state index in [0.29, 0.717) is 5.56 Å². The molecule has 0 spiro atoms. The molecule has 0 fully saturated rings. The molecule has 2 rings (SSSR count). The van der Waals surface area contributed by atoms with Crippen LogP contribution in [0.4, 0.5) is 0 Å². The number of hydrogen-bond acceptors (Lipinski definition) is 28. The summed E-state index contributed by atoms with van der Waals surface area (Å²) in [6.45, 7) is 26.7. The Kier molecular flexibility index (Phi) is 134. The topological polar surface area (TPSA) is 442 Å². The minimum atomic E-state index is -0.954. The molecule has 0 amide bonds. The predicted molar refractivity (Wildman–Crippen MR) is 343 cm³/mol. The molecule has 0 heterocycles. The van der Waals surface area contributed by atoms with Gasteiger partial charge in [0.2, 0.25) is 0 Å². The van der Waals surface area contributed by atoms with Gasteiger partial charge in [-0.15, -0.1) is 0 Å². The van der Waals surface area contributed by atoms with Crippen molar-refractivity contribution in [1.82, 2.24) is 0 Å². The Morgan fingerprint density at radius 1 is 0.489 bits per heavy atom. The average Bonchev–Trinajstić information content (AvgIpc) is 3.48. The van der Waals surface area contributed by atoms with E-state index in [1.54, 1.807) is 72.1 Å². The Balaban J connectivity index is -0.0000000448. The molecular formula is C60H123NO27. The van der Waals surface area contributed by atoms with Gasteiger partial charge in [0.1, 0.15) is 38.3 Å². The van der Waals surface area contributed by atoms with Gasteiger partial charge in [0, 0.05) is 87.1 Å². The zero-order valence-corrected chi connectivity index (χ0v) is 56.3. The molecule has 2 aromatic rings. The second kappa shape index (κ2) is 105. The minimum Gasteiger partial charge on any atom is -0.469 e. The first-order valence-electron chi connectivity index (χ1n) is 27.2. The maximum Gasteiger partial charge on any atom is 0.337 e. The monoisotopic (exact) mass is 1290 g/mol. The molecule has 0 saturated heterocycles. The number of esters is 8. The molecule has 28 heteroatoms. The van der Waals surface area contributed by atoms with Gasteiger partial charge in [-0.05, 0) is 79.3 Å². The highest BCUT2D eigenvalue weighted by molar-refractivity contribution is 5.89. The summed E-state index contributed by atoms with van der Waals surface area (Å²) < 4.78 is 35.7. The van der Waals surface area contributed by atoms with E-state index >= 15 is 0 Å². The number of nitrogens with zero attached hydrogens (tertiary/aromatic N) is 1. The number of ketones is 1. The molecule has 0 unspecified atom stereocenters. The molecule has 0 aromatic heterocycles. The van der Waals surface area contributed by atoms with Gasteiger partial charge in [-0.25, -0.2) is 4.79 Å². The Hall–Kier alpha value is -6.86. The number of carbonyl (C=O) groups is 9. The highest BCUT2D eigenvalue weighted by Crippen LogP contribution is 1.99. The first kappa shape index (κ1) is 112. The molecular weight excluding hydrogens is 1170 g/mol. The lowest BCUT2D eigenvalue weighted by molar-refractivity contribution is -0.163. The third kappa shape index (κ3) is 200. The van der Waals surface area contributed by atoms with Crippen LogP contribution < -0.4 is 0 Å². The van der Waals surface area contributed by atoms with Crippen LogP contribution in [0.5, 0.6) is 0 Å². The standard InChI is InChI=1S/C9H14O6.C8H8O2.C7H8O.C6H10O4.C4H10.C3H7N.C3H8O3.2C3H6O2.C3H8O.C3H6O.C2H6O2.3C2H6O.4H2/c1-6(10)13-4-9(15-8(3)12)5-14-7(2)11;1-10-8(9)7-5-3-2-4-6-7;8-6-7-4-2-1-3-5-7;1-5(7)9-3-4-10-6(2)8;2*1-3-4-2;4-1-3(6)2-5;2*1-3(4)5-2;2*1-3(2)4;3-1-2-4;3*1-2-3;;;;/h9H,4-5H2,1-3H3;2-6H,1H3;1-5,8H,6H2;3-4H2,1-2H3;3-4H2,1-2H3;3H,1-2H3;3-6H,1-2H2;2*1-2H3;3-4H,1-2H3;1-2H3;3-4H,1-2H2;3*3H,2H2,1H3;4*1H. The lowest BCUT2D eigenvalue weighted by atomic mass is 10.2. The van der Waals surface area contributed by atoms with Crippen LogP contribution >= 0.6 is 0 Å². The van der Waals surface area contributed by atoms with Crippen molar-refractivity contribution < 1.29 is 138 Å². The van der Waals surface area contributed by atoms with Crippen molar-refractivity contribution in [3.63, 3.8) is 0 Å². The van der Waals surface area contributed by atoms with Crippen LogP contribution in [0, 0.1) is 0 Å². The van der Waals surface area contributed by atoms with Crippen molar-refractivity contribution in [2.45, 2.75) is 155 Å². The van der Waals surface area contributed by atoms with Crippen molar-refractivity contribution in [3.05, 3.63) is 71.8 Å². The molecule has 0 aliphatic heterocycles. The van der Waals surface area contributed by atoms with Gasteiger partial charge in [0.25, 0.3) is 0 Å². The number of Topliss-reactive ketones (excluding diaryl/α,β-unsaturated/α-hetero) is 1. The minimum absolute atomic E-state index is 0. The Labute approximate surface area is 529 Å². The zero-order chi connectivity index (χ0) is 72.1. The highest BCUT2D eigenvalue weighted by Gasteiger charge is 2.15. The summed E-state index contributed by atoms with van der Waals surface area (Å²) >= 11 is 0. The fourth-order valence-corrected chi connectivity index (χ4v) is 2.48. The second-order valence-corrected chi connectivity index (χ2v) is 15.3. The average molecular weight is 1290 g/mol. The van der Waals surface area contributed by atoms with Gasteiger partial charge in [0.15, 0.2) is 6.10 Å². The van der Waals surface area contributed by atoms with E-state index < -0.39 is 30.1 Å². The van der Waals surface area contributed by atoms with Gasteiger partial charge in [-0.2, -0.15) is 0 Å². The maximum absolute atomic E-state index is 10.8. The summed E-state index contributed by atoms with van der Waals surface area (Å²) in [6.07, 6.45) is 2.51. The predicted octanol–water partition coefficient (Wildman–Crippen LogP) is 4.95. The van der Waals surface area contributed by atoms with Gasteiger partial charge in [0.05, 0.1) is 59.9 Å². The van der Waals surface area contributed by atoms with E-state index in [1.165, 1.54) is 96.5 Å². The number of benzene rings is 2. The van der Waals surface area contributed by atoms with Crippen LogP contribution in [0.25, 0.3) is 0 Å². The van der Waals surface area contributed by atoms with E-state index in [2.05, 4.69) is 52.0 Å². The first-order valence-corrected chi connectivity index (χ1v) is 27.2. The van der Waals surface area contributed by atoms with Crippen LogP contribution in [0.15, 0.2) is 65.7 Å². The number of methoxy groups -OCH3 is 3. The maximum atomic E-state index is 10.8. The summed E-state index contributed by atoms with van der Waals surface area (Å²) in [4.78, 5) is 94.9. The molecule has 0 bridgehead atoms. The lowest BCUT2D eigenvalue weighted by Crippen LogP contribution is -2.29. The number of ether oxygens (including phenoxy) is 8. The number of aliphatic imine (C=N–C) groups is 1. The summed E-state index contributed by atoms with van der Waals surface area (Å²) in [5, 5.41) is 78.6. The fourth-order valence-electron chi connectivity index (χ4n) is 2.48. The quantitative estimate of drug-likeness (QED) is 0.0518. The number of aliphatic hydroxyl groups excluding tert-OH is 10. The third-order valence-corrected chi connectivity index (χ3v) is 6.05. The van der Waals surface area contributed by atoms with Crippen molar-refractivity contribution in [1.29, 1.82) is 0 Å². The molecule has 0 saturated carbocycles. The van der Waals surface area contributed by atoms with E-state index in [4.69, 9.17) is 55.8 Å². The second-order valence-electron chi connectivity index (χ2n) is 15.3. The summed E-state index contributed by atoms with van der Waals surface area (Å²) in [5.41, 5.74) is 1.55. The number of carbonyl (C=O) groups excluding carboxylic acids is 9. The van der Waals surface area contributed by atoms with E-state index in [1.807, 2.05) is 43.3 Å². The number of aliphatic hydroxyl groups is 10. The van der Waals surface area contributed by atoms with Gasteiger partial charge >= 0.3 is 47.8 Å². The summed E-state index contributed by atoms with van der Waals surface area (Å²) in [6, 6.07) is 18.4. The normalized spacial score (nSPS) is 8.34. The Morgan fingerprint density at radius 3 is 0.898 bits per heavy atom. The molecule has 2 aromatic carbocycles. The number of unbranched alkanes of at least 4 members (excludes halogenated alkanes) is 1. The number of hydrogen-bond donors (Lipinski definition) is 10. The van der Waals surface area contributed by atoms with Gasteiger partial charge in [-0.1, -0.05) is 75.2 Å². The largest absolute Gasteiger partial charge is 0.469 e. The van der Waals surface area contributed by atoms with Crippen LogP contribution in [0.2, 0.25) is 0 Å². The van der Waals surface area contributed by atoms with Crippen molar-refractivity contribution in [3.8, 4) is 0 Å². The van der Waals surface area contributed by atoms with E-state index in [0.717, 1.165) is 5.56 Å². The van der Waals surface area contributed by atoms with Crippen LogP contribution in [0.3, 0.4) is 0 Å². The molecule has 28 nitrogen and oxygen atoms in total. The molecule has 10 N–H and O–H groups in total. The van der Waals surface area contributed by atoms with E-state index in [-0.39, 0.29) is 127 Å². The number of rotatable bonds is 14. The molecule has 0 radical (unpaired) electrons. The fraction of sp³-hybridized carbons (Fsp3) is 0.633. The van der Waals surface area contributed by atoms with Crippen LogP contribution in [0.1, 0.15) is 152 Å². The molecule has 0 atom stereocenters. The molecule has 88 heavy (non-hydrogen) atoms. The molecule has 530 valence electrons. The summed E-state index contributed by atoms with van der Waals surface area (Å²) in [5.74, 6) is -2.86. The van der Waals surface area contributed by atoms with E-state index in [9.17, 15) is 43.2 Å². The SMILES string of the molecule is CC(=O)OCC(COC(C)=O)OC(C)=O.CC(=O)OCCOC(C)=O.CC(C)=O.CC(C)O.CC=NC.CCCC.CCO.CCO.CCO.COC(=O)c1ccccc1.COC(C)=O.COC(C)=O.OCC(O)CO.OCCO.OCc1ccccc1.[HH].[HH].[HH].[HH]. The molecule has 0 aliphatic carbocycles. The van der Waals surface area contributed by atoms with Crippen molar-refractivity contribution in [2.24, 2.45) is 4.99 Å². The van der Waals surface area contributed by atoms with Crippen molar-refractivity contribution in [2.75, 3.05) is 101 Å². The first-order chi connectivity index (χ1) is 41.1. The Bertz CT molecular complexity index is 1720. The zero-order valence-electron chi connectivity index (χ0n) is 56.3. The molecule has 0 aliphatic rings. The Morgan fingerprint density at radius 2 is 0.750 bits per heavy atom. The summed E-state index contributed by atoms with van der Waals surface area (Å²) in [7, 11) is 5.82. The van der Waals surface area contributed by atoms with Crippen LogP contribution in [-0.4, -0.2) is 230 Å². The lowest BCUT2D eigenvalue weighted by Gasteiger charge is -2.15. The van der Waals surface area contributed by atoms with Crippen molar-refractivity contribution >= 4 is 59.8 Å². The third-order valence-electron chi connectivity index (χ3n) is 6.05. The highest BCUT2D eigenvalue weighted by atomic mass is 16.6. The smallest absolute Gasteiger partial charge is 0.337 e. The van der Waals surface area contributed by atoms with Gasteiger partial charge in [-0.3, -0.25) is 33.6 Å². The van der Waals surface area contributed by atoms with Gasteiger partial charge < -0.3 is 98.7 Å². The van der Waals surface area contributed by atoms with Crippen LogP contribution in [-0.2, 0) is 82.9 Å².